The van der Waals surface area contributed by atoms with Crippen LogP contribution in [0.3, 0.4) is 0 Å². The summed E-state index contributed by atoms with van der Waals surface area (Å²) in [4.78, 5) is 21.6. The number of alkyl halides is 2. The van der Waals surface area contributed by atoms with Gasteiger partial charge in [0.05, 0.1) is 11.0 Å². The number of hydrogen-bond acceptors (Lipinski definition) is 4. The molecule has 0 radical (unpaired) electrons. The molecule has 2 aromatic rings. The van der Waals surface area contributed by atoms with Crippen LogP contribution in [0.25, 0.3) is 11.0 Å². The molecule has 0 aliphatic carbocycles. The Morgan fingerprint density at radius 3 is 2.74 bits per heavy atom. The predicted molar refractivity (Wildman–Crippen MR) is 79.0 cm³/mol. The van der Waals surface area contributed by atoms with Crippen LogP contribution in [0.4, 0.5) is 19.0 Å². The molecule has 2 N–H and O–H groups in total. The molecule has 0 spiro atoms. The lowest BCUT2D eigenvalue weighted by Gasteiger charge is -2.37. The monoisotopic (exact) mass is 324 g/mol. The minimum Gasteiger partial charge on any atom is -0.364 e. The van der Waals surface area contributed by atoms with Gasteiger partial charge in [0.25, 0.3) is 11.8 Å². The molecular formula is C15H15F3N4O. The third kappa shape index (κ3) is 2.80. The average Bonchev–Trinajstić information content (AvgIpc) is 2.48. The zero-order valence-corrected chi connectivity index (χ0v) is 12.4. The van der Waals surface area contributed by atoms with Gasteiger partial charge in [-0.1, -0.05) is 6.92 Å². The van der Waals surface area contributed by atoms with Crippen LogP contribution in [0.15, 0.2) is 18.2 Å². The lowest BCUT2D eigenvalue weighted by molar-refractivity contribution is -0.0652. The first-order valence-electron chi connectivity index (χ1n) is 7.18. The largest absolute Gasteiger partial charge is 0.364 e. The van der Waals surface area contributed by atoms with Gasteiger partial charge in [-0.25, -0.2) is 23.1 Å². The van der Waals surface area contributed by atoms with Crippen LogP contribution in [-0.2, 0) is 0 Å². The normalized spacial score (nSPS) is 20.7. The highest BCUT2D eigenvalue weighted by Crippen LogP contribution is 2.35. The number of benzene rings is 1. The number of anilines is 1. The lowest BCUT2D eigenvalue weighted by Crippen LogP contribution is -2.47. The first-order chi connectivity index (χ1) is 10.8. The Bertz CT molecular complexity index is 781. The molecule has 1 fully saturated rings. The van der Waals surface area contributed by atoms with Gasteiger partial charge >= 0.3 is 0 Å². The van der Waals surface area contributed by atoms with E-state index < -0.39 is 23.6 Å². The van der Waals surface area contributed by atoms with Crippen LogP contribution in [0.1, 0.15) is 23.8 Å². The Morgan fingerprint density at radius 2 is 2.09 bits per heavy atom. The molecular weight excluding hydrogens is 309 g/mol. The van der Waals surface area contributed by atoms with Gasteiger partial charge in [-0.05, 0) is 12.1 Å². The standard InChI is InChI=1S/C15H15F3N4O/c1-8-7-22(5-4-15(8,17)18)14-12(13(19)23)20-10-3-2-9(16)6-11(10)21-14/h2-3,6,8H,4-5,7H2,1H3,(H2,19,23). The Kier molecular flexibility index (Phi) is 3.62. The molecule has 1 amide bonds. The summed E-state index contributed by atoms with van der Waals surface area (Å²) < 4.78 is 40.7. The van der Waals surface area contributed by atoms with Crippen molar-refractivity contribution in [2.45, 2.75) is 19.3 Å². The molecule has 1 aliphatic heterocycles. The number of fused-ring (bicyclic) bond motifs is 1. The molecule has 1 aromatic carbocycles. The van der Waals surface area contributed by atoms with Gasteiger partial charge in [-0.3, -0.25) is 4.79 Å². The number of halogens is 3. The van der Waals surface area contributed by atoms with Crippen molar-refractivity contribution in [3.05, 3.63) is 29.7 Å². The minimum atomic E-state index is -2.76. The Labute approximate surface area is 130 Å². The molecule has 0 saturated carbocycles. The van der Waals surface area contributed by atoms with Crippen molar-refractivity contribution in [2.75, 3.05) is 18.0 Å². The summed E-state index contributed by atoms with van der Waals surface area (Å²) in [6, 6.07) is 3.77. The van der Waals surface area contributed by atoms with Crippen molar-refractivity contribution in [3.8, 4) is 0 Å². The summed E-state index contributed by atoms with van der Waals surface area (Å²) in [7, 11) is 0. The fourth-order valence-electron chi connectivity index (χ4n) is 2.68. The van der Waals surface area contributed by atoms with Crippen LogP contribution in [0.2, 0.25) is 0 Å². The summed E-state index contributed by atoms with van der Waals surface area (Å²) in [6.45, 7) is 1.47. The molecule has 1 saturated heterocycles. The van der Waals surface area contributed by atoms with Crippen LogP contribution >= 0.6 is 0 Å². The second-order valence-corrected chi connectivity index (χ2v) is 5.75. The third-order valence-electron chi connectivity index (χ3n) is 4.07. The van der Waals surface area contributed by atoms with Gasteiger partial charge in [0.15, 0.2) is 11.5 Å². The van der Waals surface area contributed by atoms with Crippen LogP contribution in [0, 0.1) is 11.7 Å². The second-order valence-electron chi connectivity index (χ2n) is 5.75. The van der Waals surface area contributed by atoms with E-state index in [0.29, 0.717) is 5.52 Å². The van der Waals surface area contributed by atoms with E-state index in [2.05, 4.69) is 9.97 Å². The van der Waals surface area contributed by atoms with Crippen LogP contribution < -0.4 is 10.6 Å². The van der Waals surface area contributed by atoms with Gasteiger partial charge in [0.1, 0.15) is 5.82 Å². The Balaban J connectivity index is 2.08. The number of carbonyl (C=O) groups excluding carboxylic acids is 1. The molecule has 1 aromatic heterocycles. The van der Waals surface area contributed by atoms with Crippen molar-refractivity contribution < 1.29 is 18.0 Å². The first kappa shape index (κ1) is 15.5. The number of aromatic nitrogens is 2. The van der Waals surface area contributed by atoms with Gasteiger partial charge < -0.3 is 10.6 Å². The highest BCUT2D eigenvalue weighted by molar-refractivity contribution is 5.98. The molecule has 1 atom stereocenters. The van der Waals surface area contributed by atoms with Gasteiger partial charge in [0, 0.05) is 31.5 Å². The van der Waals surface area contributed by atoms with E-state index in [1.807, 2.05) is 0 Å². The number of carbonyl (C=O) groups is 1. The number of rotatable bonds is 2. The van der Waals surface area contributed by atoms with Gasteiger partial charge in [0.2, 0.25) is 0 Å². The number of amides is 1. The van der Waals surface area contributed by atoms with E-state index in [9.17, 15) is 18.0 Å². The van der Waals surface area contributed by atoms with E-state index in [-0.39, 0.29) is 36.5 Å². The maximum atomic E-state index is 13.6. The van der Waals surface area contributed by atoms with E-state index in [0.717, 1.165) is 0 Å². The van der Waals surface area contributed by atoms with Crippen molar-refractivity contribution in [2.24, 2.45) is 11.7 Å². The van der Waals surface area contributed by atoms with Crippen molar-refractivity contribution in [1.29, 1.82) is 0 Å². The summed E-state index contributed by atoms with van der Waals surface area (Å²) in [5, 5.41) is 0. The number of piperidine rings is 1. The quantitative estimate of drug-likeness (QED) is 0.920. The molecule has 23 heavy (non-hydrogen) atoms. The van der Waals surface area contributed by atoms with Gasteiger partial charge in [-0.15, -0.1) is 0 Å². The fourth-order valence-corrected chi connectivity index (χ4v) is 2.68. The number of nitrogens with two attached hydrogens (primary N) is 1. The van der Waals surface area contributed by atoms with Crippen LogP contribution in [0.5, 0.6) is 0 Å². The first-order valence-corrected chi connectivity index (χ1v) is 7.18. The zero-order valence-electron chi connectivity index (χ0n) is 12.4. The number of hydrogen-bond donors (Lipinski definition) is 1. The molecule has 2 heterocycles. The summed E-state index contributed by atoms with van der Waals surface area (Å²) in [5.74, 6) is -4.84. The molecule has 8 heteroatoms. The molecule has 122 valence electrons. The van der Waals surface area contributed by atoms with Crippen molar-refractivity contribution in [3.63, 3.8) is 0 Å². The summed E-state index contributed by atoms with van der Waals surface area (Å²) >= 11 is 0. The molecule has 0 bridgehead atoms. The Morgan fingerprint density at radius 1 is 1.35 bits per heavy atom. The van der Waals surface area contributed by atoms with Gasteiger partial charge in [-0.2, -0.15) is 0 Å². The van der Waals surface area contributed by atoms with E-state index in [4.69, 9.17) is 5.73 Å². The average molecular weight is 324 g/mol. The third-order valence-corrected chi connectivity index (χ3v) is 4.07. The second kappa shape index (κ2) is 5.36. The van der Waals surface area contributed by atoms with E-state index in [1.54, 1.807) is 4.90 Å². The van der Waals surface area contributed by atoms with E-state index >= 15 is 0 Å². The highest BCUT2D eigenvalue weighted by atomic mass is 19.3. The maximum absolute atomic E-state index is 13.6. The number of primary amides is 1. The lowest BCUT2D eigenvalue weighted by atomic mass is 9.95. The van der Waals surface area contributed by atoms with Crippen LogP contribution in [-0.4, -0.2) is 34.9 Å². The summed E-state index contributed by atoms with van der Waals surface area (Å²) in [5.41, 5.74) is 5.81. The Hall–Kier alpha value is -2.38. The molecule has 1 aliphatic rings. The fraction of sp³-hybridized carbons (Fsp3) is 0.400. The maximum Gasteiger partial charge on any atom is 0.271 e. The zero-order chi connectivity index (χ0) is 16.8. The SMILES string of the molecule is CC1CN(c2nc3cc(F)ccc3nc2C(N)=O)CCC1(F)F. The summed E-state index contributed by atoms with van der Waals surface area (Å²) in [6.07, 6.45) is -0.352. The molecule has 3 rings (SSSR count). The van der Waals surface area contributed by atoms with Crippen molar-refractivity contribution in [1.82, 2.24) is 9.97 Å². The predicted octanol–water partition coefficient (Wildman–Crippen LogP) is 2.35. The highest BCUT2D eigenvalue weighted by Gasteiger charge is 2.42. The van der Waals surface area contributed by atoms with E-state index in [1.165, 1.54) is 25.1 Å². The minimum absolute atomic E-state index is 0.0166. The van der Waals surface area contributed by atoms with Crippen molar-refractivity contribution >= 4 is 22.8 Å². The smallest absolute Gasteiger partial charge is 0.271 e. The number of nitrogens with zero attached hydrogens (tertiary/aromatic N) is 3. The topological polar surface area (TPSA) is 72.1 Å². The molecule has 1 unspecified atom stereocenters. The molecule has 5 nitrogen and oxygen atoms in total.